The molecule has 2 aromatic rings. The van der Waals surface area contributed by atoms with Crippen LogP contribution >= 0.6 is 0 Å². The van der Waals surface area contributed by atoms with Crippen LogP contribution in [0.15, 0.2) is 30.5 Å². The average molecular weight is 330 g/mol. The van der Waals surface area contributed by atoms with Gasteiger partial charge in [-0.3, -0.25) is 4.79 Å². The number of esters is 1. The molecule has 1 aromatic heterocycles. The molecule has 0 atom stereocenters. The number of carbonyl (C=O) groups excluding carboxylic acids is 2. The predicted octanol–water partition coefficient (Wildman–Crippen LogP) is 2.16. The van der Waals surface area contributed by atoms with Crippen LogP contribution in [0, 0.1) is 0 Å². The number of amides is 1. The fraction of sp³-hybridized carbons (Fsp3) is 0.353. The molecule has 1 aromatic carbocycles. The minimum Gasteiger partial charge on any atom is -0.462 e. The molecule has 128 valence electrons. The van der Waals surface area contributed by atoms with E-state index < -0.39 is 5.97 Å². The molecule has 0 radical (unpaired) electrons. The zero-order chi connectivity index (χ0) is 17.5. The van der Waals surface area contributed by atoms with Gasteiger partial charge in [-0.05, 0) is 37.6 Å². The molecular weight excluding hydrogens is 308 g/mol. The Kier molecular flexibility index (Phi) is 5.95. The van der Waals surface area contributed by atoms with Crippen molar-refractivity contribution in [2.75, 3.05) is 18.9 Å². The number of aromatic nitrogens is 2. The summed E-state index contributed by atoms with van der Waals surface area (Å²) in [6.45, 7) is 4.72. The van der Waals surface area contributed by atoms with Gasteiger partial charge >= 0.3 is 5.97 Å². The third-order valence-electron chi connectivity index (χ3n) is 3.49. The van der Waals surface area contributed by atoms with Crippen LogP contribution in [0.4, 0.5) is 5.82 Å². The van der Waals surface area contributed by atoms with Crippen molar-refractivity contribution in [2.24, 2.45) is 0 Å². The average Bonchev–Trinajstić information content (AvgIpc) is 2.97. The number of rotatable bonds is 7. The molecule has 0 saturated heterocycles. The first-order chi connectivity index (χ1) is 11.6. The summed E-state index contributed by atoms with van der Waals surface area (Å²) < 4.78 is 6.37. The van der Waals surface area contributed by atoms with Crippen molar-refractivity contribution in [1.29, 1.82) is 0 Å². The molecule has 1 heterocycles. The van der Waals surface area contributed by atoms with Crippen molar-refractivity contribution in [1.82, 2.24) is 15.1 Å². The Balaban J connectivity index is 2.14. The number of nitrogen functional groups attached to an aromatic ring is 1. The van der Waals surface area contributed by atoms with Gasteiger partial charge in [-0.2, -0.15) is 5.10 Å². The fourth-order valence-corrected chi connectivity index (χ4v) is 2.16. The van der Waals surface area contributed by atoms with Gasteiger partial charge in [0.25, 0.3) is 5.91 Å². The minimum absolute atomic E-state index is 0.115. The molecule has 0 bridgehead atoms. The Morgan fingerprint density at radius 3 is 2.58 bits per heavy atom. The standard InChI is InChI=1S/C17H22N4O3/c1-3-5-10-19-16(22)12-6-8-13(9-7-12)21-15(18)14(11-20-21)17(23)24-4-2/h6-9,11H,3-5,10,18H2,1-2H3,(H,19,22). The Bertz CT molecular complexity index is 707. The lowest BCUT2D eigenvalue weighted by Crippen LogP contribution is -2.24. The molecule has 0 spiro atoms. The summed E-state index contributed by atoms with van der Waals surface area (Å²) >= 11 is 0. The molecule has 0 aliphatic heterocycles. The maximum Gasteiger partial charge on any atom is 0.343 e. The predicted molar refractivity (Wildman–Crippen MR) is 91.2 cm³/mol. The number of carbonyl (C=O) groups is 2. The summed E-state index contributed by atoms with van der Waals surface area (Å²) in [5, 5.41) is 6.97. The lowest BCUT2D eigenvalue weighted by molar-refractivity contribution is 0.0527. The van der Waals surface area contributed by atoms with Crippen LogP contribution in [0.3, 0.4) is 0 Å². The van der Waals surface area contributed by atoms with Crippen molar-refractivity contribution in [3.63, 3.8) is 0 Å². The number of nitrogens with one attached hydrogen (secondary N) is 1. The third kappa shape index (κ3) is 3.92. The monoisotopic (exact) mass is 330 g/mol. The zero-order valence-electron chi connectivity index (χ0n) is 13.9. The topological polar surface area (TPSA) is 99.2 Å². The lowest BCUT2D eigenvalue weighted by Gasteiger charge is -2.07. The van der Waals surface area contributed by atoms with E-state index in [1.165, 1.54) is 10.9 Å². The molecule has 0 aliphatic carbocycles. The van der Waals surface area contributed by atoms with Gasteiger partial charge in [-0.25, -0.2) is 9.48 Å². The van der Waals surface area contributed by atoms with Crippen LogP contribution in [0.1, 0.15) is 47.4 Å². The third-order valence-corrected chi connectivity index (χ3v) is 3.49. The zero-order valence-corrected chi connectivity index (χ0v) is 13.9. The van der Waals surface area contributed by atoms with Gasteiger partial charge in [0.15, 0.2) is 0 Å². The molecule has 1 amide bonds. The van der Waals surface area contributed by atoms with Crippen LogP contribution in [-0.2, 0) is 4.74 Å². The molecule has 0 saturated carbocycles. The van der Waals surface area contributed by atoms with Crippen LogP contribution in [-0.4, -0.2) is 34.8 Å². The molecule has 0 fully saturated rings. The summed E-state index contributed by atoms with van der Waals surface area (Å²) in [4.78, 5) is 23.8. The Labute approximate surface area is 140 Å². The molecular formula is C17H22N4O3. The first kappa shape index (κ1) is 17.5. The van der Waals surface area contributed by atoms with Gasteiger partial charge in [0.05, 0.1) is 18.5 Å². The summed E-state index contributed by atoms with van der Waals surface area (Å²) in [6, 6.07) is 6.85. The molecule has 7 nitrogen and oxygen atoms in total. The molecule has 2 rings (SSSR count). The maximum absolute atomic E-state index is 12.0. The van der Waals surface area contributed by atoms with Gasteiger partial charge in [-0.15, -0.1) is 0 Å². The van der Waals surface area contributed by atoms with Crippen LogP contribution < -0.4 is 11.1 Å². The van der Waals surface area contributed by atoms with E-state index in [0.29, 0.717) is 17.8 Å². The van der Waals surface area contributed by atoms with Gasteiger partial charge in [-0.1, -0.05) is 13.3 Å². The van der Waals surface area contributed by atoms with Crippen molar-refractivity contribution >= 4 is 17.7 Å². The van der Waals surface area contributed by atoms with E-state index in [-0.39, 0.29) is 23.9 Å². The van der Waals surface area contributed by atoms with Crippen LogP contribution in [0.2, 0.25) is 0 Å². The van der Waals surface area contributed by atoms with Gasteiger partial charge in [0.1, 0.15) is 11.4 Å². The van der Waals surface area contributed by atoms with Crippen LogP contribution in [0.5, 0.6) is 0 Å². The summed E-state index contributed by atoms with van der Waals surface area (Å²) in [5.74, 6) is -0.419. The first-order valence-electron chi connectivity index (χ1n) is 7.97. The Morgan fingerprint density at radius 2 is 1.96 bits per heavy atom. The van der Waals surface area contributed by atoms with E-state index in [1.807, 2.05) is 0 Å². The van der Waals surface area contributed by atoms with E-state index in [1.54, 1.807) is 31.2 Å². The highest BCUT2D eigenvalue weighted by molar-refractivity contribution is 5.95. The molecule has 0 unspecified atom stereocenters. The number of hydrogen-bond acceptors (Lipinski definition) is 5. The van der Waals surface area contributed by atoms with E-state index in [0.717, 1.165) is 12.8 Å². The molecule has 0 aliphatic rings. The number of anilines is 1. The van der Waals surface area contributed by atoms with E-state index >= 15 is 0 Å². The number of hydrogen-bond donors (Lipinski definition) is 2. The quantitative estimate of drug-likeness (QED) is 0.598. The molecule has 7 heteroatoms. The highest BCUT2D eigenvalue weighted by atomic mass is 16.5. The van der Waals surface area contributed by atoms with Gasteiger partial charge in [0, 0.05) is 12.1 Å². The van der Waals surface area contributed by atoms with Crippen molar-refractivity contribution < 1.29 is 14.3 Å². The number of unbranched alkanes of at least 4 members (excludes halogenated alkanes) is 1. The summed E-state index contributed by atoms with van der Waals surface area (Å²) in [6.07, 6.45) is 3.35. The smallest absolute Gasteiger partial charge is 0.343 e. The summed E-state index contributed by atoms with van der Waals surface area (Å²) in [5.41, 5.74) is 7.41. The molecule has 3 N–H and O–H groups in total. The minimum atomic E-state index is -0.506. The highest BCUT2D eigenvalue weighted by Crippen LogP contribution is 2.18. The van der Waals surface area contributed by atoms with E-state index in [4.69, 9.17) is 10.5 Å². The van der Waals surface area contributed by atoms with E-state index in [9.17, 15) is 9.59 Å². The van der Waals surface area contributed by atoms with Gasteiger partial charge in [0.2, 0.25) is 0 Å². The second-order valence-electron chi connectivity index (χ2n) is 5.23. The SMILES string of the molecule is CCCCNC(=O)c1ccc(-n2ncc(C(=O)OCC)c2N)cc1. The maximum atomic E-state index is 12.0. The normalized spacial score (nSPS) is 10.4. The second-order valence-corrected chi connectivity index (χ2v) is 5.23. The largest absolute Gasteiger partial charge is 0.462 e. The van der Waals surface area contributed by atoms with Crippen molar-refractivity contribution in [2.45, 2.75) is 26.7 Å². The van der Waals surface area contributed by atoms with Crippen molar-refractivity contribution in [3.8, 4) is 5.69 Å². The fourth-order valence-electron chi connectivity index (χ4n) is 2.16. The number of ether oxygens (including phenoxy) is 1. The number of nitrogens with two attached hydrogens (primary N) is 1. The lowest BCUT2D eigenvalue weighted by atomic mass is 10.2. The van der Waals surface area contributed by atoms with Crippen LogP contribution in [0.25, 0.3) is 5.69 Å². The van der Waals surface area contributed by atoms with Crippen molar-refractivity contribution in [3.05, 3.63) is 41.6 Å². The number of benzene rings is 1. The second kappa shape index (κ2) is 8.14. The molecule has 24 heavy (non-hydrogen) atoms. The summed E-state index contributed by atoms with van der Waals surface area (Å²) in [7, 11) is 0. The van der Waals surface area contributed by atoms with E-state index in [2.05, 4.69) is 17.3 Å². The number of nitrogens with zero attached hydrogens (tertiary/aromatic N) is 2. The van der Waals surface area contributed by atoms with Gasteiger partial charge < -0.3 is 15.8 Å². The Morgan fingerprint density at radius 1 is 1.25 bits per heavy atom. The Hall–Kier alpha value is -2.83. The first-order valence-corrected chi connectivity index (χ1v) is 7.97. The highest BCUT2D eigenvalue weighted by Gasteiger charge is 2.17.